The van der Waals surface area contributed by atoms with Crippen LogP contribution in [0.5, 0.6) is 0 Å². The van der Waals surface area contributed by atoms with Gasteiger partial charge in [-0.3, -0.25) is 0 Å². The molecule has 0 saturated heterocycles. The van der Waals surface area contributed by atoms with E-state index < -0.39 is 0 Å². The Morgan fingerprint density at radius 3 is 2.25 bits per heavy atom. The zero-order chi connectivity index (χ0) is 16.9. The third-order valence-electron chi connectivity index (χ3n) is 3.89. The lowest BCUT2D eigenvalue weighted by Crippen LogP contribution is -2.06. The molecule has 0 amide bonds. The number of nitrogens with zero attached hydrogens (tertiary/aromatic N) is 2. The molecule has 0 aliphatic rings. The molecule has 4 nitrogen and oxygen atoms in total. The molecule has 1 heterocycles. The maximum absolute atomic E-state index is 4.59. The van der Waals surface area contributed by atoms with Crippen LogP contribution in [0.15, 0.2) is 54.6 Å². The number of hydrogen-bond donors (Lipinski definition) is 2. The predicted octanol–water partition coefficient (Wildman–Crippen LogP) is 4.76. The van der Waals surface area contributed by atoms with E-state index in [9.17, 15) is 0 Å². The summed E-state index contributed by atoms with van der Waals surface area (Å²) in [6.07, 6.45) is 0. The standard InChI is InChI=1S/C20H22N4/c1-14-8-7-9-15(2)19(14)24-20-22-16(3)12-18(23-20)21-13-17-10-5-4-6-11-17/h4-12H,13H2,1-3H3,(H2,21,22,23,24). The molecule has 0 unspecified atom stereocenters. The zero-order valence-electron chi connectivity index (χ0n) is 14.3. The highest BCUT2D eigenvalue weighted by Gasteiger charge is 2.07. The van der Waals surface area contributed by atoms with E-state index in [4.69, 9.17) is 0 Å². The number of nitrogens with one attached hydrogen (secondary N) is 2. The molecule has 2 aromatic carbocycles. The molecule has 0 atom stereocenters. The van der Waals surface area contributed by atoms with Crippen LogP contribution in [0, 0.1) is 20.8 Å². The first kappa shape index (κ1) is 16.0. The smallest absolute Gasteiger partial charge is 0.229 e. The third kappa shape index (κ3) is 3.90. The number of para-hydroxylation sites is 1. The van der Waals surface area contributed by atoms with Gasteiger partial charge in [0.2, 0.25) is 5.95 Å². The predicted molar refractivity (Wildman–Crippen MR) is 99.7 cm³/mol. The van der Waals surface area contributed by atoms with E-state index in [0.29, 0.717) is 5.95 Å². The normalized spacial score (nSPS) is 10.5. The largest absolute Gasteiger partial charge is 0.366 e. The fourth-order valence-electron chi connectivity index (χ4n) is 2.63. The lowest BCUT2D eigenvalue weighted by atomic mass is 10.1. The van der Waals surface area contributed by atoms with E-state index >= 15 is 0 Å². The minimum absolute atomic E-state index is 0.614. The summed E-state index contributed by atoms with van der Waals surface area (Å²) in [6.45, 7) is 6.88. The van der Waals surface area contributed by atoms with Crippen molar-refractivity contribution in [2.45, 2.75) is 27.3 Å². The third-order valence-corrected chi connectivity index (χ3v) is 3.89. The summed E-state index contributed by atoms with van der Waals surface area (Å²) in [7, 11) is 0. The number of aryl methyl sites for hydroxylation is 3. The van der Waals surface area contributed by atoms with Crippen LogP contribution in [0.4, 0.5) is 17.5 Å². The average molecular weight is 318 g/mol. The molecule has 0 aliphatic carbocycles. The summed E-state index contributed by atoms with van der Waals surface area (Å²) in [5.41, 5.74) is 5.57. The van der Waals surface area contributed by atoms with Crippen molar-refractivity contribution in [3.63, 3.8) is 0 Å². The molecule has 4 heteroatoms. The monoisotopic (exact) mass is 318 g/mol. The Morgan fingerprint density at radius 2 is 1.54 bits per heavy atom. The van der Waals surface area contributed by atoms with E-state index in [1.165, 1.54) is 16.7 Å². The fourth-order valence-corrected chi connectivity index (χ4v) is 2.63. The van der Waals surface area contributed by atoms with Crippen LogP contribution in [0.25, 0.3) is 0 Å². The fraction of sp³-hybridized carbons (Fsp3) is 0.200. The molecular formula is C20H22N4. The average Bonchev–Trinajstić information content (AvgIpc) is 2.57. The van der Waals surface area contributed by atoms with Gasteiger partial charge in [-0.1, -0.05) is 48.5 Å². The van der Waals surface area contributed by atoms with Gasteiger partial charge in [-0.05, 0) is 37.5 Å². The second kappa shape index (κ2) is 7.13. The second-order valence-corrected chi connectivity index (χ2v) is 5.95. The van der Waals surface area contributed by atoms with Crippen LogP contribution >= 0.6 is 0 Å². The van der Waals surface area contributed by atoms with Crippen LogP contribution in [0.3, 0.4) is 0 Å². The summed E-state index contributed by atoms with van der Waals surface area (Å²) in [5, 5.41) is 6.72. The van der Waals surface area contributed by atoms with Gasteiger partial charge in [-0.25, -0.2) is 4.98 Å². The van der Waals surface area contributed by atoms with Crippen molar-refractivity contribution in [3.05, 3.63) is 77.0 Å². The van der Waals surface area contributed by atoms with Gasteiger partial charge >= 0.3 is 0 Å². The Hall–Kier alpha value is -2.88. The van der Waals surface area contributed by atoms with Gasteiger partial charge in [-0.15, -0.1) is 0 Å². The number of benzene rings is 2. The summed E-state index contributed by atoms with van der Waals surface area (Å²) in [4.78, 5) is 9.10. The topological polar surface area (TPSA) is 49.8 Å². The van der Waals surface area contributed by atoms with Crippen molar-refractivity contribution in [3.8, 4) is 0 Å². The maximum Gasteiger partial charge on any atom is 0.229 e. The van der Waals surface area contributed by atoms with Gasteiger partial charge in [0.05, 0.1) is 0 Å². The van der Waals surface area contributed by atoms with Gasteiger partial charge in [0.1, 0.15) is 5.82 Å². The van der Waals surface area contributed by atoms with Gasteiger partial charge in [0.15, 0.2) is 0 Å². The van der Waals surface area contributed by atoms with E-state index in [-0.39, 0.29) is 0 Å². The van der Waals surface area contributed by atoms with E-state index in [2.05, 4.69) is 64.8 Å². The Labute approximate surface area is 143 Å². The molecule has 122 valence electrons. The summed E-state index contributed by atoms with van der Waals surface area (Å²) >= 11 is 0. The summed E-state index contributed by atoms with van der Waals surface area (Å²) in [6, 6.07) is 18.5. The highest BCUT2D eigenvalue weighted by molar-refractivity contribution is 5.63. The van der Waals surface area contributed by atoms with Crippen LogP contribution in [-0.2, 0) is 6.54 Å². The number of rotatable bonds is 5. The second-order valence-electron chi connectivity index (χ2n) is 5.95. The number of aromatic nitrogens is 2. The quantitative estimate of drug-likeness (QED) is 0.712. The van der Waals surface area contributed by atoms with Crippen molar-refractivity contribution in [2.75, 3.05) is 10.6 Å². The molecule has 1 aromatic heterocycles. The van der Waals surface area contributed by atoms with Crippen LogP contribution < -0.4 is 10.6 Å². The SMILES string of the molecule is Cc1cc(NCc2ccccc2)nc(Nc2c(C)cccc2C)n1. The molecule has 0 aliphatic heterocycles. The van der Waals surface area contributed by atoms with E-state index in [1.807, 2.05) is 31.2 Å². The van der Waals surface area contributed by atoms with Crippen molar-refractivity contribution < 1.29 is 0 Å². The van der Waals surface area contributed by atoms with E-state index in [0.717, 1.165) is 23.7 Å². The van der Waals surface area contributed by atoms with Crippen molar-refractivity contribution in [2.24, 2.45) is 0 Å². The minimum Gasteiger partial charge on any atom is -0.366 e. The molecule has 0 fully saturated rings. The van der Waals surface area contributed by atoms with Gasteiger partial charge < -0.3 is 10.6 Å². The highest BCUT2D eigenvalue weighted by Crippen LogP contribution is 2.23. The van der Waals surface area contributed by atoms with Crippen molar-refractivity contribution in [1.82, 2.24) is 9.97 Å². The molecule has 3 aromatic rings. The molecule has 0 radical (unpaired) electrons. The molecule has 0 spiro atoms. The van der Waals surface area contributed by atoms with Crippen LogP contribution in [0.1, 0.15) is 22.4 Å². The number of hydrogen-bond acceptors (Lipinski definition) is 4. The minimum atomic E-state index is 0.614. The first-order valence-corrected chi connectivity index (χ1v) is 8.08. The Bertz CT molecular complexity index is 808. The summed E-state index contributed by atoms with van der Waals surface area (Å²) in [5.74, 6) is 1.43. The first-order valence-electron chi connectivity index (χ1n) is 8.08. The molecule has 0 bridgehead atoms. The molecular weight excluding hydrogens is 296 g/mol. The molecule has 0 saturated carbocycles. The van der Waals surface area contributed by atoms with Gasteiger partial charge in [0, 0.05) is 24.0 Å². The van der Waals surface area contributed by atoms with Gasteiger partial charge in [0.25, 0.3) is 0 Å². The number of anilines is 3. The van der Waals surface area contributed by atoms with E-state index in [1.54, 1.807) is 0 Å². The molecule has 2 N–H and O–H groups in total. The molecule has 3 rings (SSSR count). The highest BCUT2D eigenvalue weighted by atomic mass is 15.1. The Morgan fingerprint density at radius 1 is 0.833 bits per heavy atom. The molecule has 24 heavy (non-hydrogen) atoms. The summed E-state index contributed by atoms with van der Waals surface area (Å²) < 4.78 is 0. The Balaban J connectivity index is 1.79. The van der Waals surface area contributed by atoms with Crippen LogP contribution in [0.2, 0.25) is 0 Å². The lowest BCUT2D eigenvalue weighted by Gasteiger charge is -2.13. The zero-order valence-corrected chi connectivity index (χ0v) is 14.3. The van der Waals surface area contributed by atoms with Crippen molar-refractivity contribution in [1.29, 1.82) is 0 Å². The maximum atomic E-state index is 4.59. The van der Waals surface area contributed by atoms with Gasteiger partial charge in [-0.2, -0.15) is 4.98 Å². The first-order chi connectivity index (χ1) is 11.6. The lowest BCUT2D eigenvalue weighted by molar-refractivity contribution is 1.06. The van der Waals surface area contributed by atoms with Crippen LogP contribution in [-0.4, -0.2) is 9.97 Å². The van der Waals surface area contributed by atoms with Crippen molar-refractivity contribution >= 4 is 17.5 Å². The Kier molecular flexibility index (Phi) is 4.75.